The third kappa shape index (κ3) is 3.27. The van der Waals surface area contributed by atoms with Gasteiger partial charge in [-0.15, -0.1) is 0 Å². The van der Waals surface area contributed by atoms with Crippen LogP contribution in [0.4, 0.5) is 5.69 Å². The molecule has 0 spiro atoms. The second-order valence-corrected chi connectivity index (χ2v) is 6.05. The van der Waals surface area contributed by atoms with Crippen LogP contribution in [0.3, 0.4) is 0 Å². The zero-order valence-electron chi connectivity index (χ0n) is 10.6. The Hall–Kier alpha value is -1.64. The molecule has 0 heterocycles. The van der Waals surface area contributed by atoms with Crippen LogP contribution in [0.2, 0.25) is 0 Å². The molecule has 0 saturated carbocycles. The van der Waals surface area contributed by atoms with Crippen molar-refractivity contribution in [1.82, 2.24) is 0 Å². The molecule has 5 heteroatoms. The summed E-state index contributed by atoms with van der Waals surface area (Å²) >= 11 is 6.68. The molecule has 0 bridgehead atoms. The lowest BCUT2D eigenvalue weighted by atomic mass is 10.1. The number of nitrogens with one attached hydrogen (secondary N) is 1. The van der Waals surface area contributed by atoms with E-state index in [0.717, 1.165) is 14.5 Å². The molecule has 0 radical (unpaired) electrons. The van der Waals surface area contributed by atoms with Crippen molar-refractivity contribution in [2.75, 3.05) is 5.32 Å². The van der Waals surface area contributed by atoms with E-state index in [2.05, 4.69) is 43.2 Å². The summed E-state index contributed by atoms with van der Waals surface area (Å²) in [6.07, 6.45) is 0. The van der Waals surface area contributed by atoms with Gasteiger partial charge in [-0.05, 0) is 42.8 Å². The number of aryl methyl sites for hydroxylation is 1. The van der Waals surface area contributed by atoms with E-state index in [4.69, 9.17) is 5.26 Å². The van der Waals surface area contributed by atoms with Gasteiger partial charge >= 0.3 is 0 Å². The summed E-state index contributed by atoms with van der Waals surface area (Å²) in [5, 5.41) is 11.8. The monoisotopic (exact) mass is 392 g/mol. The van der Waals surface area contributed by atoms with E-state index >= 15 is 0 Å². The number of carbonyl (C=O) groups is 1. The van der Waals surface area contributed by atoms with Crippen molar-refractivity contribution in [3.63, 3.8) is 0 Å². The fourth-order valence-electron chi connectivity index (χ4n) is 1.75. The minimum atomic E-state index is -0.238. The highest BCUT2D eigenvalue weighted by Crippen LogP contribution is 2.23. The number of nitriles is 1. The topological polar surface area (TPSA) is 52.9 Å². The van der Waals surface area contributed by atoms with Crippen LogP contribution >= 0.6 is 31.9 Å². The lowest BCUT2D eigenvalue weighted by molar-refractivity contribution is 0.102. The first-order valence-electron chi connectivity index (χ1n) is 5.78. The number of amides is 1. The number of rotatable bonds is 2. The first-order chi connectivity index (χ1) is 9.51. The number of benzene rings is 2. The van der Waals surface area contributed by atoms with Gasteiger partial charge in [0.25, 0.3) is 5.91 Å². The van der Waals surface area contributed by atoms with E-state index in [1.165, 1.54) is 0 Å². The molecule has 1 amide bonds. The van der Waals surface area contributed by atoms with Crippen molar-refractivity contribution in [1.29, 1.82) is 5.26 Å². The number of halogens is 2. The van der Waals surface area contributed by atoms with Crippen molar-refractivity contribution in [3.05, 3.63) is 62.0 Å². The summed E-state index contributed by atoms with van der Waals surface area (Å²) in [6, 6.07) is 12.7. The average Bonchev–Trinajstić information content (AvgIpc) is 2.41. The first kappa shape index (κ1) is 14.8. The van der Waals surface area contributed by atoms with E-state index in [1.807, 2.05) is 19.1 Å². The van der Waals surface area contributed by atoms with Crippen molar-refractivity contribution >= 4 is 43.5 Å². The molecule has 20 heavy (non-hydrogen) atoms. The fraction of sp³-hybridized carbons (Fsp3) is 0.0667. The van der Waals surface area contributed by atoms with Crippen LogP contribution in [0.5, 0.6) is 0 Å². The minimum absolute atomic E-state index is 0.238. The molecular weight excluding hydrogens is 384 g/mol. The molecule has 0 unspecified atom stereocenters. The van der Waals surface area contributed by atoms with Crippen LogP contribution in [0.15, 0.2) is 45.3 Å². The molecule has 0 atom stereocenters. The van der Waals surface area contributed by atoms with Gasteiger partial charge in [-0.2, -0.15) is 5.26 Å². The smallest absolute Gasteiger partial charge is 0.256 e. The van der Waals surface area contributed by atoms with E-state index in [9.17, 15) is 4.79 Å². The predicted molar refractivity (Wildman–Crippen MR) is 85.7 cm³/mol. The quantitative estimate of drug-likeness (QED) is 0.807. The second-order valence-electron chi connectivity index (χ2n) is 4.22. The molecule has 0 fully saturated rings. The zero-order valence-corrected chi connectivity index (χ0v) is 13.7. The van der Waals surface area contributed by atoms with Gasteiger partial charge in [-0.3, -0.25) is 4.79 Å². The Morgan fingerprint density at radius 1 is 1.15 bits per heavy atom. The molecule has 2 rings (SSSR count). The molecular formula is C15H10Br2N2O. The highest BCUT2D eigenvalue weighted by Gasteiger charge is 2.12. The molecule has 100 valence electrons. The number of nitrogens with zero attached hydrogens (tertiary/aromatic N) is 1. The molecule has 2 aromatic rings. The Kier molecular flexibility index (Phi) is 4.58. The summed E-state index contributed by atoms with van der Waals surface area (Å²) in [5.41, 5.74) is 2.36. The van der Waals surface area contributed by atoms with Crippen LogP contribution < -0.4 is 5.32 Å². The van der Waals surface area contributed by atoms with Gasteiger partial charge < -0.3 is 5.32 Å². The maximum Gasteiger partial charge on any atom is 0.256 e. The number of hydrogen-bond acceptors (Lipinski definition) is 2. The highest BCUT2D eigenvalue weighted by atomic mass is 79.9. The summed E-state index contributed by atoms with van der Waals surface area (Å²) in [4.78, 5) is 12.3. The normalized spacial score (nSPS) is 9.90. The van der Waals surface area contributed by atoms with Gasteiger partial charge in [0.2, 0.25) is 0 Å². The fourth-order valence-corrected chi connectivity index (χ4v) is 2.47. The van der Waals surface area contributed by atoms with Gasteiger partial charge in [-0.1, -0.05) is 37.9 Å². The zero-order chi connectivity index (χ0) is 14.7. The van der Waals surface area contributed by atoms with Crippen LogP contribution in [0.25, 0.3) is 0 Å². The molecule has 2 aromatic carbocycles. The number of carbonyl (C=O) groups excluding carboxylic acids is 1. The van der Waals surface area contributed by atoms with Crippen molar-refractivity contribution in [3.8, 4) is 6.07 Å². The van der Waals surface area contributed by atoms with Crippen molar-refractivity contribution in [2.45, 2.75) is 6.92 Å². The summed E-state index contributed by atoms with van der Waals surface area (Å²) < 4.78 is 1.64. The molecule has 3 nitrogen and oxygen atoms in total. The first-order valence-corrected chi connectivity index (χ1v) is 7.37. The lowest BCUT2D eigenvalue weighted by Crippen LogP contribution is -2.14. The average molecular weight is 394 g/mol. The van der Waals surface area contributed by atoms with Gasteiger partial charge in [0.15, 0.2) is 0 Å². The van der Waals surface area contributed by atoms with Gasteiger partial charge in [-0.25, -0.2) is 0 Å². The highest BCUT2D eigenvalue weighted by molar-refractivity contribution is 9.10. The Morgan fingerprint density at radius 2 is 1.80 bits per heavy atom. The maximum atomic E-state index is 12.3. The van der Waals surface area contributed by atoms with E-state index in [1.54, 1.807) is 24.3 Å². The van der Waals surface area contributed by atoms with E-state index in [-0.39, 0.29) is 5.91 Å². The standard InChI is InChI=1S/C15H10Br2N2O/c1-9-2-4-11(16)6-13(9)15(20)19-14-7-12(17)5-3-10(14)8-18/h2-7H,1H3,(H,19,20). The van der Waals surface area contributed by atoms with E-state index < -0.39 is 0 Å². The van der Waals surface area contributed by atoms with Crippen LogP contribution in [-0.4, -0.2) is 5.91 Å². The Balaban J connectivity index is 2.35. The lowest BCUT2D eigenvalue weighted by Gasteiger charge is -2.10. The molecule has 0 aliphatic carbocycles. The summed E-state index contributed by atoms with van der Waals surface area (Å²) in [5.74, 6) is -0.238. The molecule has 1 N–H and O–H groups in total. The number of hydrogen-bond donors (Lipinski definition) is 1. The van der Waals surface area contributed by atoms with Crippen LogP contribution in [0.1, 0.15) is 21.5 Å². The Morgan fingerprint density at radius 3 is 2.50 bits per heavy atom. The van der Waals surface area contributed by atoms with Crippen molar-refractivity contribution < 1.29 is 4.79 Å². The molecule has 0 aromatic heterocycles. The summed E-state index contributed by atoms with van der Waals surface area (Å²) in [7, 11) is 0. The maximum absolute atomic E-state index is 12.3. The summed E-state index contributed by atoms with van der Waals surface area (Å²) in [6.45, 7) is 1.87. The van der Waals surface area contributed by atoms with E-state index in [0.29, 0.717) is 16.8 Å². The SMILES string of the molecule is Cc1ccc(Br)cc1C(=O)Nc1cc(Br)ccc1C#N. The Labute approximate surface area is 133 Å². The Bertz CT molecular complexity index is 720. The molecule has 0 aliphatic rings. The molecule has 0 aliphatic heterocycles. The minimum Gasteiger partial charge on any atom is -0.321 e. The number of anilines is 1. The third-order valence-electron chi connectivity index (χ3n) is 2.79. The van der Waals surface area contributed by atoms with Gasteiger partial charge in [0, 0.05) is 14.5 Å². The third-order valence-corrected chi connectivity index (χ3v) is 3.78. The van der Waals surface area contributed by atoms with Crippen LogP contribution in [0, 0.1) is 18.3 Å². The van der Waals surface area contributed by atoms with Crippen LogP contribution in [-0.2, 0) is 0 Å². The van der Waals surface area contributed by atoms with Gasteiger partial charge in [0.05, 0.1) is 11.3 Å². The predicted octanol–water partition coefficient (Wildman–Crippen LogP) is 4.64. The largest absolute Gasteiger partial charge is 0.321 e. The van der Waals surface area contributed by atoms with Crippen molar-refractivity contribution in [2.24, 2.45) is 0 Å². The molecule has 0 saturated heterocycles. The second kappa shape index (κ2) is 6.21. The van der Waals surface area contributed by atoms with Gasteiger partial charge in [0.1, 0.15) is 6.07 Å².